The second-order valence-electron chi connectivity index (χ2n) is 5.38. The summed E-state index contributed by atoms with van der Waals surface area (Å²) in [5.41, 5.74) is 3.78. The van der Waals surface area contributed by atoms with Crippen LogP contribution in [0.3, 0.4) is 0 Å². The molecule has 0 aromatic carbocycles. The molecule has 1 aromatic heterocycles. The first-order valence-corrected chi connectivity index (χ1v) is 7.14. The summed E-state index contributed by atoms with van der Waals surface area (Å²) < 4.78 is 5.42. The van der Waals surface area contributed by atoms with Crippen molar-refractivity contribution < 1.29 is 4.74 Å². The van der Waals surface area contributed by atoms with E-state index < -0.39 is 0 Å². The lowest BCUT2D eigenvalue weighted by molar-refractivity contribution is 0.0384. The van der Waals surface area contributed by atoms with Crippen molar-refractivity contribution in [2.45, 2.75) is 38.5 Å². The molecule has 0 unspecified atom stereocenters. The number of nitrogens with zero attached hydrogens (tertiary/aromatic N) is 3. The molecule has 0 atom stereocenters. The Morgan fingerprint density at radius 1 is 1.37 bits per heavy atom. The first-order chi connectivity index (χ1) is 9.36. The van der Waals surface area contributed by atoms with E-state index in [0.717, 1.165) is 52.0 Å². The Labute approximate surface area is 114 Å². The van der Waals surface area contributed by atoms with Gasteiger partial charge in [-0.05, 0) is 31.4 Å². The molecule has 5 heteroatoms. The second kappa shape index (κ2) is 5.94. The average molecular weight is 262 g/mol. The van der Waals surface area contributed by atoms with E-state index in [2.05, 4.69) is 20.2 Å². The minimum absolute atomic E-state index is 0.444. The smallest absolute Gasteiger partial charge is 0.116 e. The van der Waals surface area contributed by atoms with Gasteiger partial charge in [-0.25, -0.2) is 9.97 Å². The maximum absolute atomic E-state index is 5.42. The molecular weight excluding hydrogens is 240 g/mol. The number of aromatic nitrogens is 2. The van der Waals surface area contributed by atoms with Gasteiger partial charge in [0.05, 0.1) is 17.5 Å². The Morgan fingerprint density at radius 3 is 3.00 bits per heavy atom. The zero-order chi connectivity index (χ0) is 13.1. The molecule has 3 rings (SSSR count). The van der Waals surface area contributed by atoms with Crippen molar-refractivity contribution in [2.24, 2.45) is 0 Å². The van der Waals surface area contributed by atoms with Crippen molar-refractivity contribution >= 4 is 0 Å². The molecule has 19 heavy (non-hydrogen) atoms. The maximum atomic E-state index is 5.42. The fraction of sp³-hybridized carbons (Fsp3) is 0.714. The molecule has 0 bridgehead atoms. The second-order valence-corrected chi connectivity index (χ2v) is 5.38. The molecule has 104 valence electrons. The van der Waals surface area contributed by atoms with E-state index in [4.69, 9.17) is 4.74 Å². The molecular formula is C14H22N4O. The zero-order valence-corrected chi connectivity index (χ0v) is 11.6. The highest BCUT2D eigenvalue weighted by Gasteiger charge is 2.21. The van der Waals surface area contributed by atoms with Crippen LogP contribution in [0.1, 0.15) is 29.8 Å². The summed E-state index contributed by atoms with van der Waals surface area (Å²) in [5.74, 6) is 0. The van der Waals surface area contributed by atoms with Crippen LogP contribution in [0.15, 0.2) is 6.33 Å². The molecule has 1 fully saturated rings. The Morgan fingerprint density at radius 2 is 2.21 bits per heavy atom. The molecule has 0 radical (unpaired) electrons. The van der Waals surface area contributed by atoms with Gasteiger partial charge in [0.2, 0.25) is 0 Å². The summed E-state index contributed by atoms with van der Waals surface area (Å²) in [6.07, 6.45) is 5.47. The highest BCUT2D eigenvalue weighted by atomic mass is 16.5. The van der Waals surface area contributed by atoms with Gasteiger partial charge in [0.15, 0.2) is 0 Å². The van der Waals surface area contributed by atoms with Gasteiger partial charge in [-0.1, -0.05) is 0 Å². The number of ether oxygens (including phenoxy) is 1. The third kappa shape index (κ3) is 2.94. The number of likely N-dealkylation sites (tertiary alicyclic amines) is 1. The van der Waals surface area contributed by atoms with E-state index in [1.54, 1.807) is 6.33 Å². The molecule has 3 heterocycles. The van der Waals surface area contributed by atoms with E-state index in [1.807, 2.05) is 7.11 Å². The Balaban J connectivity index is 1.67. The Hall–Kier alpha value is -1.04. The summed E-state index contributed by atoms with van der Waals surface area (Å²) in [6, 6.07) is 0. The van der Waals surface area contributed by atoms with Gasteiger partial charge in [0.1, 0.15) is 6.33 Å². The van der Waals surface area contributed by atoms with Crippen LogP contribution >= 0.6 is 0 Å². The number of hydrogen-bond donors (Lipinski definition) is 1. The normalized spacial score (nSPS) is 21.3. The van der Waals surface area contributed by atoms with Gasteiger partial charge < -0.3 is 10.1 Å². The number of fused-ring (bicyclic) bond motifs is 1. The highest BCUT2D eigenvalue weighted by molar-refractivity contribution is 5.27. The molecule has 1 saturated heterocycles. The van der Waals surface area contributed by atoms with Crippen LogP contribution < -0.4 is 5.32 Å². The Kier molecular flexibility index (Phi) is 4.06. The predicted molar refractivity (Wildman–Crippen MR) is 72.8 cm³/mol. The molecule has 0 amide bonds. The molecule has 1 aromatic rings. The van der Waals surface area contributed by atoms with Crippen molar-refractivity contribution in [1.29, 1.82) is 0 Å². The topological polar surface area (TPSA) is 50.3 Å². The van der Waals surface area contributed by atoms with E-state index in [1.165, 1.54) is 17.0 Å². The summed E-state index contributed by atoms with van der Waals surface area (Å²) in [7, 11) is 1.81. The largest absolute Gasteiger partial charge is 0.381 e. The first-order valence-electron chi connectivity index (χ1n) is 7.14. The average Bonchev–Trinajstić information content (AvgIpc) is 2.48. The monoisotopic (exact) mass is 262 g/mol. The van der Waals surface area contributed by atoms with Crippen molar-refractivity contribution in [3.05, 3.63) is 23.3 Å². The van der Waals surface area contributed by atoms with E-state index in [0.29, 0.717) is 6.10 Å². The number of hydrogen-bond acceptors (Lipinski definition) is 5. The minimum atomic E-state index is 0.444. The van der Waals surface area contributed by atoms with Crippen molar-refractivity contribution in [3.63, 3.8) is 0 Å². The van der Waals surface area contributed by atoms with Gasteiger partial charge in [-0.15, -0.1) is 0 Å². The zero-order valence-electron chi connectivity index (χ0n) is 11.6. The standard InChI is InChI=1S/C14H22N4O/c1-19-11-3-6-18(7-4-11)9-14-12-2-5-15-8-13(12)16-10-17-14/h10-11,15H,2-9H2,1H3. The van der Waals surface area contributed by atoms with Crippen LogP contribution in [0.4, 0.5) is 0 Å². The van der Waals surface area contributed by atoms with Gasteiger partial charge in [-0.3, -0.25) is 4.90 Å². The third-order valence-corrected chi connectivity index (χ3v) is 4.21. The van der Waals surface area contributed by atoms with Crippen LogP contribution in [-0.4, -0.2) is 47.7 Å². The van der Waals surface area contributed by atoms with Gasteiger partial charge in [-0.2, -0.15) is 0 Å². The molecule has 5 nitrogen and oxygen atoms in total. The first kappa shape index (κ1) is 13.0. The quantitative estimate of drug-likeness (QED) is 0.870. The Bertz CT molecular complexity index is 429. The third-order valence-electron chi connectivity index (χ3n) is 4.21. The number of nitrogens with one attached hydrogen (secondary N) is 1. The van der Waals surface area contributed by atoms with Crippen LogP contribution in [-0.2, 0) is 24.2 Å². The fourth-order valence-corrected chi connectivity index (χ4v) is 3.00. The van der Waals surface area contributed by atoms with Gasteiger partial charge in [0.25, 0.3) is 0 Å². The molecule has 0 spiro atoms. The van der Waals surface area contributed by atoms with Gasteiger partial charge >= 0.3 is 0 Å². The number of methoxy groups -OCH3 is 1. The molecule has 1 N–H and O–H groups in total. The lowest BCUT2D eigenvalue weighted by Crippen LogP contribution is -2.37. The molecule has 0 aliphatic carbocycles. The predicted octanol–water partition coefficient (Wildman–Crippen LogP) is 0.733. The van der Waals surface area contributed by atoms with Crippen LogP contribution in [0.2, 0.25) is 0 Å². The lowest BCUT2D eigenvalue weighted by Gasteiger charge is -2.31. The molecule has 0 saturated carbocycles. The van der Waals surface area contributed by atoms with Crippen molar-refractivity contribution in [2.75, 3.05) is 26.7 Å². The summed E-state index contributed by atoms with van der Waals surface area (Å²) >= 11 is 0. The van der Waals surface area contributed by atoms with E-state index in [9.17, 15) is 0 Å². The maximum Gasteiger partial charge on any atom is 0.116 e. The van der Waals surface area contributed by atoms with Gasteiger partial charge in [0, 0.05) is 33.3 Å². The summed E-state index contributed by atoms with van der Waals surface area (Å²) in [4.78, 5) is 11.4. The summed E-state index contributed by atoms with van der Waals surface area (Å²) in [5, 5.41) is 3.36. The number of rotatable bonds is 3. The van der Waals surface area contributed by atoms with E-state index >= 15 is 0 Å². The molecule has 2 aliphatic rings. The lowest BCUT2D eigenvalue weighted by atomic mass is 10.0. The van der Waals surface area contributed by atoms with E-state index in [-0.39, 0.29) is 0 Å². The van der Waals surface area contributed by atoms with Crippen molar-refractivity contribution in [3.8, 4) is 0 Å². The van der Waals surface area contributed by atoms with Crippen LogP contribution in [0, 0.1) is 0 Å². The van der Waals surface area contributed by atoms with Crippen LogP contribution in [0.5, 0.6) is 0 Å². The molecule has 2 aliphatic heterocycles. The fourth-order valence-electron chi connectivity index (χ4n) is 3.00. The highest BCUT2D eigenvalue weighted by Crippen LogP contribution is 2.19. The summed E-state index contributed by atoms with van der Waals surface area (Å²) in [6.45, 7) is 5.10. The number of piperidine rings is 1. The SMILES string of the molecule is COC1CCN(Cc2ncnc3c2CCNC3)CC1. The minimum Gasteiger partial charge on any atom is -0.381 e. The van der Waals surface area contributed by atoms with Crippen LogP contribution in [0.25, 0.3) is 0 Å². The van der Waals surface area contributed by atoms with Crippen molar-refractivity contribution in [1.82, 2.24) is 20.2 Å².